The lowest BCUT2D eigenvalue weighted by molar-refractivity contribution is -0.141. The third-order valence-corrected chi connectivity index (χ3v) is 1.85. The monoisotopic (exact) mass is 240 g/mol. The molecule has 2 amide bonds. The number of carboxylic acid groups (broad SMARTS) is 1. The molecule has 0 bridgehead atoms. The number of nitrogens with one attached hydrogen (secondary N) is 1. The molecule has 94 valence electrons. The van der Waals surface area contributed by atoms with Crippen LogP contribution < -0.4 is 11.1 Å². The number of hydrogen-bond donors (Lipinski definition) is 3. The van der Waals surface area contributed by atoms with Crippen LogP contribution in [0.25, 0.3) is 0 Å². The number of rotatable bonds is 7. The van der Waals surface area contributed by atoms with Gasteiger partial charge in [-0.2, -0.15) is 0 Å². The van der Waals surface area contributed by atoms with Crippen LogP contribution in [0.15, 0.2) is 24.3 Å². The van der Waals surface area contributed by atoms with E-state index in [1.54, 1.807) is 19.1 Å². The summed E-state index contributed by atoms with van der Waals surface area (Å²) in [5.41, 5.74) is 4.90. The first-order valence-corrected chi connectivity index (χ1v) is 5.08. The first kappa shape index (κ1) is 14.9. The van der Waals surface area contributed by atoms with Crippen LogP contribution in [0, 0.1) is 0 Å². The molecule has 0 aromatic carbocycles. The highest BCUT2D eigenvalue weighted by Crippen LogP contribution is 1.97. The minimum atomic E-state index is -1.20. The third kappa shape index (κ3) is 7.78. The van der Waals surface area contributed by atoms with E-state index in [0.29, 0.717) is 0 Å². The van der Waals surface area contributed by atoms with Crippen molar-refractivity contribution in [2.75, 3.05) is 0 Å². The Morgan fingerprint density at radius 2 is 2.00 bits per heavy atom. The topological polar surface area (TPSA) is 109 Å². The SMILES string of the molecule is C/C=C/C=C/C(=O)NC(CCC(N)=O)C(=O)O. The van der Waals surface area contributed by atoms with Gasteiger partial charge >= 0.3 is 5.97 Å². The lowest BCUT2D eigenvalue weighted by Gasteiger charge is -2.11. The van der Waals surface area contributed by atoms with Gasteiger partial charge in [0.05, 0.1) is 0 Å². The molecule has 1 atom stereocenters. The average Bonchev–Trinajstić information content (AvgIpc) is 2.23. The van der Waals surface area contributed by atoms with Crippen LogP contribution in [0.5, 0.6) is 0 Å². The normalized spacial score (nSPS) is 12.8. The summed E-state index contributed by atoms with van der Waals surface area (Å²) >= 11 is 0. The van der Waals surface area contributed by atoms with Crippen LogP contribution in [0.1, 0.15) is 19.8 Å². The Balaban J connectivity index is 4.29. The Kier molecular flexibility index (Phi) is 7.09. The van der Waals surface area contributed by atoms with E-state index in [1.165, 1.54) is 12.2 Å². The number of nitrogens with two attached hydrogens (primary N) is 1. The average molecular weight is 240 g/mol. The second-order valence-electron chi connectivity index (χ2n) is 3.29. The number of aliphatic carboxylic acids is 1. The molecule has 0 aromatic heterocycles. The van der Waals surface area contributed by atoms with E-state index in [0.717, 1.165) is 0 Å². The molecule has 0 saturated heterocycles. The van der Waals surface area contributed by atoms with Crippen molar-refractivity contribution in [1.82, 2.24) is 5.32 Å². The summed E-state index contributed by atoms with van der Waals surface area (Å²) < 4.78 is 0. The zero-order chi connectivity index (χ0) is 13.3. The largest absolute Gasteiger partial charge is 0.480 e. The Morgan fingerprint density at radius 1 is 1.35 bits per heavy atom. The Hall–Kier alpha value is -2.11. The standard InChI is InChI=1S/C11H16N2O4/c1-2-3-4-5-10(15)13-8(11(16)17)6-7-9(12)14/h2-5,8H,6-7H2,1H3,(H2,12,14)(H,13,15)(H,16,17)/b3-2+,5-4+. The van der Waals surface area contributed by atoms with Crippen LogP contribution in [0.3, 0.4) is 0 Å². The summed E-state index contributed by atoms with van der Waals surface area (Å²) in [6.07, 6.45) is 5.95. The quantitative estimate of drug-likeness (QED) is 0.428. The second kappa shape index (κ2) is 8.09. The fourth-order valence-corrected chi connectivity index (χ4v) is 1.02. The Labute approximate surface area is 99.2 Å². The molecule has 0 fully saturated rings. The number of carbonyl (C=O) groups is 3. The minimum Gasteiger partial charge on any atom is -0.480 e. The zero-order valence-electron chi connectivity index (χ0n) is 9.55. The van der Waals surface area contributed by atoms with E-state index >= 15 is 0 Å². The van der Waals surface area contributed by atoms with Gasteiger partial charge in [0.25, 0.3) is 0 Å². The lowest BCUT2D eigenvalue weighted by atomic mass is 10.1. The molecule has 1 unspecified atom stereocenters. The summed E-state index contributed by atoms with van der Waals surface area (Å²) in [6.45, 7) is 1.79. The van der Waals surface area contributed by atoms with Crippen molar-refractivity contribution in [3.8, 4) is 0 Å². The zero-order valence-corrected chi connectivity index (χ0v) is 9.55. The van der Waals surface area contributed by atoms with Crippen LogP contribution in [0.4, 0.5) is 0 Å². The highest BCUT2D eigenvalue weighted by molar-refractivity contribution is 5.91. The van der Waals surface area contributed by atoms with Gasteiger partial charge in [0.2, 0.25) is 11.8 Å². The van der Waals surface area contributed by atoms with Gasteiger partial charge in [-0.05, 0) is 13.3 Å². The first-order chi connectivity index (χ1) is 7.97. The molecule has 6 heteroatoms. The molecule has 0 aromatic rings. The summed E-state index contributed by atoms with van der Waals surface area (Å²) in [7, 11) is 0. The third-order valence-electron chi connectivity index (χ3n) is 1.85. The van der Waals surface area contributed by atoms with Crippen molar-refractivity contribution in [3.63, 3.8) is 0 Å². The van der Waals surface area contributed by atoms with Gasteiger partial charge < -0.3 is 16.2 Å². The molecule has 17 heavy (non-hydrogen) atoms. The molecule has 0 radical (unpaired) electrons. The van der Waals surface area contributed by atoms with Gasteiger partial charge in [-0.1, -0.05) is 18.2 Å². The van der Waals surface area contributed by atoms with Gasteiger partial charge in [0.1, 0.15) is 6.04 Å². The first-order valence-electron chi connectivity index (χ1n) is 5.08. The fraction of sp³-hybridized carbons (Fsp3) is 0.364. The maximum atomic E-state index is 11.3. The molecule has 0 aliphatic carbocycles. The predicted molar refractivity (Wildman–Crippen MR) is 61.9 cm³/mol. The highest BCUT2D eigenvalue weighted by atomic mass is 16.4. The lowest BCUT2D eigenvalue weighted by Crippen LogP contribution is -2.40. The molecular formula is C11H16N2O4. The van der Waals surface area contributed by atoms with Gasteiger partial charge in [0, 0.05) is 12.5 Å². The summed E-state index contributed by atoms with van der Waals surface area (Å²) in [5, 5.41) is 11.1. The van der Waals surface area contributed by atoms with Crippen molar-refractivity contribution >= 4 is 17.8 Å². The summed E-state index contributed by atoms with van der Waals surface area (Å²) in [5.74, 6) is -2.33. The van der Waals surface area contributed by atoms with Gasteiger partial charge in [0.15, 0.2) is 0 Å². The van der Waals surface area contributed by atoms with E-state index in [-0.39, 0.29) is 12.8 Å². The van der Waals surface area contributed by atoms with Crippen molar-refractivity contribution < 1.29 is 19.5 Å². The van der Waals surface area contributed by atoms with Gasteiger partial charge in [-0.15, -0.1) is 0 Å². The van der Waals surface area contributed by atoms with Crippen LogP contribution in [0.2, 0.25) is 0 Å². The molecule has 0 aliphatic heterocycles. The van der Waals surface area contributed by atoms with Crippen LogP contribution in [-0.4, -0.2) is 28.9 Å². The van der Waals surface area contributed by atoms with E-state index in [4.69, 9.17) is 10.8 Å². The molecule has 0 spiro atoms. The van der Waals surface area contributed by atoms with Gasteiger partial charge in [-0.25, -0.2) is 4.79 Å². The second-order valence-corrected chi connectivity index (χ2v) is 3.29. The summed E-state index contributed by atoms with van der Waals surface area (Å²) in [6, 6.07) is -1.11. The van der Waals surface area contributed by atoms with E-state index in [9.17, 15) is 14.4 Å². The molecule has 0 saturated carbocycles. The Morgan fingerprint density at radius 3 is 2.47 bits per heavy atom. The van der Waals surface area contributed by atoms with Crippen molar-refractivity contribution in [3.05, 3.63) is 24.3 Å². The van der Waals surface area contributed by atoms with Crippen LogP contribution in [-0.2, 0) is 14.4 Å². The van der Waals surface area contributed by atoms with Crippen molar-refractivity contribution in [2.45, 2.75) is 25.8 Å². The van der Waals surface area contributed by atoms with E-state index < -0.39 is 23.8 Å². The Bertz CT molecular complexity index is 347. The number of carbonyl (C=O) groups excluding carboxylic acids is 2. The molecule has 0 heterocycles. The predicted octanol–water partition coefficient (Wildman–Crippen LogP) is -0.0464. The molecule has 6 nitrogen and oxygen atoms in total. The minimum absolute atomic E-state index is 0.0200. The fourth-order valence-electron chi connectivity index (χ4n) is 1.02. The number of amides is 2. The molecule has 0 rings (SSSR count). The van der Waals surface area contributed by atoms with E-state index in [1.807, 2.05) is 0 Å². The van der Waals surface area contributed by atoms with Crippen molar-refractivity contribution in [2.24, 2.45) is 5.73 Å². The smallest absolute Gasteiger partial charge is 0.326 e. The van der Waals surface area contributed by atoms with Crippen molar-refractivity contribution in [1.29, 1.82) is 0 Å². The molecule has 0 aliphatic rings. The number of allylic oxidation sites excluding steroid dienone is 3. The number of hydrogen-bond acceptors (Lipinski definition) is 3. The van der Waals surface area contributed by atoms with Gasteiger partial charge in [-0.3, -0.25) is 9.59 Å². The maximum absolute atomic E-state index is 11.3. The van der Waals surface area contributed by atoms with Crippen LogP contribution >= 0.6 is 0 Å². The summed E-state index contributed by atoms with van der Waals surface area (Å²) in [4.78, 5) is 32.6. The molecule has 4 N–H and O–H groups in total. The molecular weight excluding hydrogens is 224 g/mol. The number of primary amides is 1. The van der Waals surface area contributed by atoms with E-state index in [2.05, 4.69) is 5.32 Å². The highest BCUT2D eigenvalue weighted by Gasteiger charge is 2.19. The number of carboxylic acids is 1. The maximum Gasteiger partial charge on any atom is 0.326 e.